The first-order valence-corrected chi connectivity index (χ1v) is 8.63. The number of alkyl halides is 2. The minimum atomic E-state index is -2.90. The zero-order chi connectivity index (χ0) is 20.1. The first-order valence-electron chi connectivity index (χ1n) is 8.63. The van der Waals surface area contributed by atoms with Crippen LogP contribution in [0.2, 0.25) is 0 Å². The average Bonchev–Trinajstić information content (AvgIpc) is 2.66. The Morgan fingerprint density at radius 3 is 2.54 bits per heavy atom. The number of nitrogens with one attached hydrogen (secondary N) is 2. The van der Waals surface area contributed by atoms with Gasteiger partial charge in [-0.1, -0.05) is 6.42 Å². The summed E-state index contributed by atoms with van der Waals surface area (Å²) in [7, 11) is 4.50. The number of hydrogen-bond donors (Lipinski definition) is 2. The molecule has 1 aromatic carbocycles. The monoisotopic (exact) mass is 515 g/mol. The number of aliphatic imine (C=N–C) groups is 1. The Labute approximate surface area is 181 Å². The maximum atomic E-state index is 12.6. The number of unbranched alkanes of at least 4 members (excludes halogenated alkanes) is 2. The fourth-order valence-corrected chi connectivity index (χ4v) is 2.31. The number of halogens is 3. The van der Waals surface area contributed by atoms with Crippen LogP contribution in [0.15, 0.2) is 23.2 Å². The molecule has 0 fully saturated rings. The molecule has 0 bridgehead atoms. The van der Waals surface area contributed by atoms with Gasteiger partial charge in [0.1, 0.15) is 11.5 Å². The van der Waals surface area contributed by atoms with Crippen LogP contribution in [0.3, 0.4) is 0 Å². The van der Waals surface area contributed by atoms with Crippen molar-refractivity contribution in [1.29, 1.82) is 0 Å². The van der Waals surface area contributed by atoms with Crippen molar-refractivity contribution < 1.29 is 27.8 Å². The molecule has 0 atom stereocenters. The highest BCUT2D eigenvalue weighted by molar-refractivity contribution is 14.0. The van der Waals surface area contributed by atoms with Crippen LogP contribution in [0.1, 0.15) is 31.2 Å². The zero-order valence-corrected chi connectivity index (χ0v) is 18.6. The van der Waals surface area contributed by atoms with Crippen molar-refractivity contribution in [1.82, 2.24) is 10.6 Å². The molecule has 0 spiro atoms. The Kier molecular flexibility index (Phi) is 14.1. The van der Waals surface area contributed by atoms with Crippen LogP contribution in [0.25, 0.3) is 0 Å². The molecule has 2 N–H and O–H groups in total. The second-order valence-corrected chi connectivity index (χ2v) is 5.59. The van der Waals surface area contributed by atoms with E-state index in [0.717, 1.165) is 19.3 Å². The number of esters is 1. The molecule has 0 radical (unpaired) electrons. The van der Waals surface area contributed by atoms with E-state index in [2.05, 4.69) is 25.1 Å². The number of rotatable bonds is 11. The molecule has 0 saturated carbocycles. The summed E-state index contributed by atoms with van der Waals surface area (Å²) in [6.45, 7) is -2.00. The van der Waals surface area contributed by atoms with E-state index >= 15 is 0 Å². The number of nitrogens with zero attached hydrogens (tertiary/aromatic N) is 1. The van der Waals surface area contributed by atoms with E-state index in [-0.39, 0.29) is 42.2 Å². The van der Waals surface area contributed by atoms with Crippen molar-refractivity contribution in [3.63, 3.8) is 0 Å². The first-order chi connectivity index (χ1) is 13.0. The van der Waals surface area contributed by atoms with Gasteiger partial charge in [0, 0.05) is 32.1 Å². The lowest BCUT2D eigenvalue weighted by atomic mass is 10.2. The summed E-state index contributed by atoms with van der Waals surface area (Å²) in [5, 5.41) is 6.19. The lowest BCUT2D eigenvalue weighted by Gasteiger charge is -2.15. The Bertz CT molecular complexity index is 618. The summed E-state index contributed by atoms with van der Waals surface area (Å²) < 4.78 is 39.4. The predicted molar refractivity (Wildman–Crippen MR) is 114 cm³/mol. The molecule has 0 aliphatic carbocycles. The molecule has 0 unspecified atom stereocenters. The summed E-state index contributed by atoms with van der Waals surface area (Å²) in [5.74, 6) is 0.952. The highest BCUT2D eigenvalue weighted by Gasteiger charge is 2.11. The molecule has 0 aliphatic rings. The third-order valence-corrected chi connectivity index (χ3v) is 3.73. The molecule has 0 heterocycles. The minimum Gasteiger partial charge on any atom is -0.497 e. The molecule has 0 amide bonds. The summed E-state index contributed by atoms with van der Waals surface area (Å²) in [4.78, 5) is 15.1. The average molecular weight is 515 g/mol. The minimum absolute atomic E-state index is 0. The molecule has 10 heteroatoms. The number of methoxy groups -OCH3 is 2. The molecule has 1 rings (SSSR count). The van der Waals surface area contributed by atoms with Crippen molar-refractivity contribution in [3.8, 4) is 11.5 Å². The molecule has 1 aromatic rings. The lowest BCUT2D eigenvalue weighted by Crippen LogP contribution is -2.37. The largest absolute Gasteiger partial charge is 0.497 e. The van der Waals surface area contributed by atoms with Crippen LogP contribution in [0, 0.1) is 0 Å². The zero-order valence-electron chi connectivity index (χ0n) is 16.3. The van der Waals surface area contributed by atoms with E-state index in [4.69, 9.17) is 4.74 Å². The number of hydrogen-bond acceptors (Lipinski definition) is 5. The fourth-order valence-electron chi connectivity index (χ4n) is 2.31. The molecule has 7 nitrogen and oxygen atoms in total. The van der Waals surface area contributed by atoms with Crippen molar-refractivity contribution in [2.45, 2.75) is 38.8 Å². The van der Waals surface area contributed by atoms with Crippen molar-refractivity contribution in [3.05, 3.63) is 23.8 Å². The molecule has 0 saturated heterocycles. The second-order valence-electron chi connectivity index (χ2n) is 5.59. The van der Waals surface area contributed by atoms with Crippen molar-refractivity contribution in [2.24, 2.45) is 4.99 Å². The second kappa shape index (κ2) is 15.1. The van der Waals surface area contributed by atoms with Gasteiger partial charge in [-0.2, -0.15) is 8.78 Å². The van der Waals surface area contributed by atoms with Crippen molar-refractivity contribution >= 4 is 35.9 Å². The maximum Gasteiger partial charge on any atom is 0.387 e. The third-order valence-electron chi connectivity index (χ3n) is 3.73. The maximum absolute atomic E-state index is 12.6. The van der Waals surface area contributed by atoms with E-state index < -0.39 is 6.61 Å². The van der Waals surface area contributed by atoms with Crippen LogP contribution in [0.5, 0.6) is 11.5 Å². The smallest absolute Gasteiger partial charge is 0.387 e. The van der Waals surface area contributed by atoms with Crippen LogP contribution < -0.4 is 20.1 Å². The quantitative estimate of drug-likeness (QED) is 0.155. The molecular formula is C18H28F2IN3O4. The van der Waals surface area contributed by atoms with Gasteiger partial charge in [-0.25, -0.2) is 0 Å². The van der Waals surface area contributed by atoms with Gasteiger partial charge in [0.05, 0.1) is 14.2 Å². The SMILES string of the molecule is CN=C(NCCCCCC(=O)OC)NCc1cc(OC)ccc1OC(F)F.I. The number of ether oxygens (including phenoxy) is 3. The van der Waals surface area contributed by atoms with E-state index in [1.165, 1.54) is 20.3 Å². The van der Waals surface area contributed by atoms with Gasteiger partial charge in [-0.3, -0.25) is 9.79 Å². The predicted octanol–water partition coefficient (Wildman–Crippen LogP) is 3.31. The van der Waals surface area contributed by atoms with Gasteiger partial charge < -0.3 is 24.8 Å². The van der Waals surface area contributed by atoms with Gasteiger partial charge in [-0.15, -0.1) is 24.0 Å². The van der Waals surface area contributed by atoms with E-state index in [9.17, 15) is 13.6 Å². The summed E-state index contributed by atoms with van der Waals surface area (Å²) in [5.41, 5.74) is 0.524. The van der Waals surface area contributed by atoms with Gasteiger partial charge in [0.25, 0.3) is 0 Å². The molecule has 160 valence electrons. The standard InChI is InChI=1S/C18H27F2N3O4.HI/c1-21-18(22-10-6-4-5-7-16(24)26-3)23-12-13-11-14(25-2)8-9-15(13)27-17(19)20;/h8-9,11,17H,4-7,10,12H2,1-3H3,(H2,21,22,23);1H. The van der Waals surface area contributed by atoms with Crippen LogP contribution in [-0.2, 0) is 16.1 Å². The van der Waals surface area contributed by atoms with E-state index in [1.807, 2.05) is 0 Å². The highest BCUT2D eigenvalue weighted by atomic mass is 127. The van der Waals surface area contributed by atoms with Crippen LogP contribution in [-0.4, -0.2) is 46.4 Å². The van der Waals surface area contributed by atoms with Crippen LogP contribution in [0.4, 0.5) is 8.78 Å². The third kappa shape index (κ3) is 10.5. The first kappa shape index (κ1) is 26.1. The van der Waals surface area contributed by atoms with Crippen molar-refractivity contribution in [2.75, 3.05) is 27.8 Å². The number of carbonyl (C=O) groups excluding carboxylic acids is 1. The van der Waals surface area contributed by atoms with Gasteiger partial charge >= 0.3 is 12.6 Å². The number of guanidine groups is 1. The Morgan fingerprint density at radius 2 is 1.93 bits per heavy atom. The normalized spacial score (nSPS) is 10.9. The van der Waals surface area contributed by atoms with E-state index in [0.29, 0.717) is 30.2 Å². The fraction of sp³-hybridized carbons (Fsp3) is 0.556. The highest BCUT2D eigenvalue weighted by Crippen LogP contribution is 2.25. The molecular weight excluding hydrogens is 487 g/mol. The van der Waals surface area contributed by atoms with E-state index in [1.54, 1.807) is 19.2 Å². The summed E-state index contributed by atoms with van der Waals surface area (Å²) >= 11 is 0. The van der Waals surface area contributed by atoms with Crippen LogP contribution >= 0.6 is 24.0 Å². The number of carbonyl (C=O) groups is 1. The Hall–Kier alpha value is -1.85. The summed E-state index contributed by atoms with van der Waals surface area (Å²) in [6, 6.07) is 4.63. The van der Waals surface area contributed by atoms with Gasteiger partial charge in [0.15, 0.2) is 5.96 Å². The Morgan fingerprint density at radius 1 is 1.18 bits per heavy atom. The topological polar surface area (TPSA) is 81.2 Å². The Balaban J connectivity index is 0.00000729. The summed E-state index contributed by atoms with van der Waals surface area (Å²) in [6.07, 6.45) is 2.91. The molecule has 28 heavy (non-hydrogen) atoms. The number of benzene rings is 1. The molecule has 0 aromatic heterocycles. The lowest BCUT2D eigenvalue weighted by molar-refractivity contribution is -0.140. The van der Waals surface area contributed by atoms with Gasteiger partial charge in [0.2, 0.25) is 0 Å². The van der Waals surface area contributed by atoms with Gasteiger partial charge in [-0.05, 0) is 31.0 Å². The molecule has 0 aliphatic heterocycles.